The first kappa shape index (κ1) is 16.9. The van der Waals surface area contributed by atoms with E-state index in [0.29, 0.717) is 6.61 Å². The van der Waals surface area contributed by atoms with Gasteiger partial charge in [-0.2, -0.15) is 0 Å². The number of carbonyl (C=O) groups is 2. The maximum atomic E-state index is 11.6. The molecule has 0 aromatic heterocycles. The number of nitrogens with one attached hydrogen (secondary N) is 1. The van der Waals surface area contributed by atoms with Crippen LogP contribution in [0, 0.1) is 0 Å². The second-order valence-corrected chi connectivity index (χ2v) is 4.52. The van der Waals surface area contributed by atoms with Gasteiger partial charge in [0, 0.05) is 13.7 Å². The Bertz CT molecular complexity index is 269. The Morgan fingerprint density at radius 2 is 2.06 bits per heavy atom. The van der Waals surface area contributed by atoms with Gasteiger partial charge in [-0.3, -0.25) is 9.59 Å². The van der Waals surface area contributed by atoms with Crippen molar-refractivity contribution >= 4 is 11.9 Å². The monoisotopic (exact) mass is 261 g/mol. The number of methoxy groups -OCH3 is 1. The normalized spacial score (nSPS) is 13.9. The molecule has 0 bridgehead atoms. The summed E-state index contributed by atoms with van der Waals surface area (Å²) in [5.41, 5.74) is -0.911. The van der Waals surface area contributed by atoms with Gasteiger partial charge in [0.1, 0.15) is 6.61 Å². The summed E-state index contributed by atoms with van der Waals surface area (Å²) in [6.45, 7) is 4.28. The van der Waals surface area contributed by atoms with Crippen molar-refractivity contribution in [3.05, 3.63) is 0 Å². The molecule has 0 aromatic carbocycles. The van der Waals surface area contributed by atoms with Gasteiger partial charge in [0.15, 0.2) is 0 Å². The summed E-state index contributed by atoms with van der Waals surface area (Å²) in [5.74, 6) is -1.31. The van der Waals surface area contributed by atoms with Crippen molar-refractivity contribution in [2.75, 3.05) is 26.9 Å². The van der Waals surface area contributed by atoms with Gasteiger partial charge in [-0.1, -0.05) is 13.3 Å². The molecule has 1 atom stereocenters. The third kappa shape index (κ3) is 8.03. The molecule has 0 saturated carbocycles. The molecule has 0 heterocycles. The molecule has 0 aliphatic heterocycles. The highest BCUT2D eigenvalue weighted by molar-refractivity contribution is 5.79. The van der Waals surface area contributed by atoms with Gasteiger partial charge < -0.3 is 19.9 Å². The Morgan fingerprint density at radius 3 is 2.56 bits per heavy atom. The predicted octanol–water partition coefficient (Wildman–Crippen LogP) is 0.799. The number of carboxylic acids is 1. The smallest absolute Gasteiger partial charge is 0.305 e. The van der Waals surface area contributed by atoms with Crippen molar-refractivity contribution in [1.29, 1.82) is 0 Å². The molecule has 0 saturated heterocycles. The van der Waals surface area contributed by atoms with E-state index >= 15 is 0 Å². The molecular weight excluding hydrogens is 238 g/mol. The third-order valence-electron chi connectivity index (χ3n) is 2.32. The summed E-state index contributed by atoms with van der Waals surface area (Å²) in [5, 5.41) is 11.4. The Balaban J connectivity index is 4.14. The highest BCUT2D eigenvalue weighted by atomic mass is 16.5. The minimum Gasteiger partial charge on any atom is -0.481 e. The summed E-state index contributed by atoms with van der Waals surface area (Å²) in [4.78, 5) is 22.3. The Hall–Kier alpha value is -1.14. The average molecular weight is 261 g/mol. The van der Waals surface area contributed by atoms with Crippen molar-refractivity contribution in [1.82, 2.24) is 5.32 Å². The van der Waals surface area contributed by atoms with E-state index in [1.807, 2.05) is 6.92 Å². The Labute approximate surface area is 108 Å². The average Bonchev–Trinajstić information content (AvgIpc) is 2.23. The zero-order valence-corrected chi connectivity index (χ0v) is 11.3. The second-order valence-electron chi connectivity index (χ2n) is 4.52. The van der Waals surface area contributed by atoms with E-state index in [1.54, 1.807) is 6.92 Å². The van der Waals surface area contributed by atoms with E-state index in [-0.39, 0.29) is 25.5 Å². The van der Waals surface area contributed by atoms with Crippen LogP contribution in [-0.2, 0) is 19.1 Å². The standard InChI is InChI=1S/C12H23NO5/c1-4-5-6-18-8-10(14)13-12(2,9-17-3)7-11(15)16/h4-9H2,1-3H3,(H,13,14)(H,15,16). The summed E-state index contributed by atoms with van der Waals surface area (Å²) in [6.07, 6.45) is 1.71. The zero-order valence-electron chi connectivity index (χ0n) is 11.3. The van der Waals surface area contributed by atoms with Crippen molar-refractivity contribution in [2.45, 2.75) is 38.6 Å². The van der Waals surface area contributed by atoms with Crippen molar-refractivity contribution < 1.29 is 24.2 Å². The zero-order chi connectivity index (χ0) is 14.0. The molecule has 2 N–H and O–H groups in total. The van der Waals surface area contributed by atoms with Gasteiger partial charge in [-0.25, -0.2) is 0 Å². The lowest BCUT2D eigenvalue weighted by molar-refractivity contribution is -0.140. The maximum Gasteiger partial charge on any atom is 0.305 e. The Kier molecular flexibility index (Phi) is 8.32. The molecular formula is C12H23NO5. The highest BCUT2D eigenvalue weighted by Gasteiger charge is 2.29. The minimum atomic E-state index is -0.984. The van der Waals surface area contributed by atoms with Gasteiger partial charge in [0.25, 0.3) is 0 Å². The van der Waals surface area contributed by atoms with Crippen LogP contribution in [-0.4, -0.2) is 49.5 Å². The number of carboxylic acid groups (broad SMARTS) is 1. The molecule has 0 aliphatic rings. The largest absolute Gasteiger partial charge is 0.481 e. The summed E-state index contributed by atoms with van der Waals surface area (Å²) in [7, 11) is 1.46. The lowest BCUT2D eigenvalue weighted by atomic mass is 9.99. The number of amides is 1. The number of hydrogen-bond donors (Lipinski definition) is 2. The van der Waals surface area contributed by atoms with E-state index < -0.39 is 11.5 Å². The molecule has 0 aromatic rings. The lowest BCUT2D eigenvalue weighted by Gasteiger charge is -2.28. The number of ether oxygens (including phenoxy) is 2. The number of carbonyl (C=O) groups excluding carboxylic acids is 1. The lowest BCUT2D eigenvalue weighted by Crippen LogP contribution is -2.51. The molecule has 18 heavy (non-hydrogen) atoms. The fourth-order valence-electron chi connectivity index (χ4n) is 1.57. The Morgan fingerprint density at radius 1 is 1.39 bits per heavy atom. The number of rotatable bonds is 10. The van der Waals surface area contributed by atoms with Crippen molar-refractivity contribution in [2.24, 2.45) is 0 Å². The molecule has 106 valence electrons. The fraction of sp³-hybridized carbons (Fsp3) is 0.833. The quantitative estimate of drug-likeness (QED) is 0.568. The van der Waals surface area contributed by atoms with E-state index in [0.717, 1.165) is 12.8 Å². The van der Waals surface area contributed by atoms with Crippen LogP contribution in [0.5, 0.6) is 0 Å². The summed E-state index contributed by atoms with van der Waals surface area (Å²) >= 11 is 0. The van der Waals surface area contributed by atoms with Crippen LogP contribution < -0.4 is 5.32 Å². The molecule has 0 fully saturated rings. The van der Waals surface area contributed by atoms with Gasteiger partial charge in [0.2, 0.25) is 5.91 Å². The number of unbranched alkanes of at least 4 members (excludes halogenated alkanes) is 1. The van der Waals surface area contributed by atoms with Crippen molar-refractivity contribution in [3.8, 4) is 0 Å². The molecule has 1 unspecified atom stereocenters. The first-order valence-corrected chi connectivity index (χ1v) is 6.03. The molecule has 0 spiro atoms. The first-order chi connectivity index (χ1) is 8.43. The maximum absolute atomic E-state index is 11.6. The molecule has 1 amide bonds. The molecule has 0 radical (unpaired) electrons. The van der Waals surface area contributed by atoms with Gasteiger partial charge in [0.05, 0.1) is 18.6 Å². The second kappa shape index (κ2) is 8.88. The highest BCUT2D eigenvalue weighted by Crippen LogP contribution is 2.10. The van der Waals surface area contributed by atoms with Gasteiger partial charge in [-0.15, -0.1) is 0 Å². The summed E-state index contributed by atoms with van der Waals surface area (Å²) < 4.78 is 10.1. The van der Waals surface area contributed by atoms with Crippen LogP contribution in [0.2, 0.25) is 0 Å². The number of aliphatic carboxylic acids is 1. The van der Waals surface area contributed by atoms with Crippen LogP contribution in [0.15, 0.2) is 0 Å². The van der Waals surface area contributed by atoms with E-state index in [9.17, 15) is 9.59 Å². The third-order valence-corrected chi connectivity index (χ3v) is 2.32. The topological polar surface area (TPSA) is 84.9 Å². The van der Waals surface area contributed by atoms with E-state index in [2.05, 4.69) is 5.32 Å². The van der Waals surface area contributed by atoms with Crippen molar-refractivity contribution in [3.63, 3.8) is 0 Å². The van der Waals surface area contributed by atoms with Crippen LogP contribution in [0.1, 0.15) is 33.1 Å². The van der Waals surface area contributed by atoms with Gasteiger partial charge >= 0.3 is 5.97 Å². The minimum absolute atomic E-state index is 0.0566. The molecule has 6 nitrogen and oxygen atoms in total. The van der Waals surface area contributed by atoms with Crippen LogP contribution >= 0.6 is 0 Å². The predicted molar refractivity (Wildman–Crippen MR) is 66.4 cm³/mol. The molecule has 0 aliphatic carbocycles. The molecule has 6 heteroatoms. The van der Waals surface area contributed by atoms with E-state index in [1.165, 1.54) is 7.11 Å². The fourth-order valence-corrected chi connectivity index (χ4v) is 1.57. The SMILES string of the molecule is CCCCOCC(=O)NC(C)(COC)CC(=O)O. The number of hydrogen-bond acceptors (Lipinski definition) is 4. The first-order valence-electron chi connectivity index (χ1n) is 6.03. The van der Waals surface area contributed by atoms with E-state index in [4.69, 9.17) is 14.6 Å². The summed E-state index contributed by atoms with van der Waals surface area (Å²) in [6, 6.07) is 0. The van der Waals surface area contributed by atoms with Crippen LogP contribution in [0.25, 0.3) is 0 Å². The van der Waals surface area contributed by atoms with Crippen LogP contribution in [0.3, 0.4) is 0 Å². The van der Waals surface area contributed by atoms with Crippen LogP contribution in [0.4, 0.5) is 0 Å². The van der Waals surface area contributed by atoms with Gasteiger partial charge in [-0.05, 0) is 13.3 Å². The molecule has 0 rings (SSSR count).